The van der Waals surface area contributed by atoms with Crippen molar-refractivity contribution in [3.63, 3.8) is 0 Å². The number of aromatic nitrogens is 2. The van der Waals surface area contributed by atoms with E-state index in [2.05, 4.69) is 11.1 Å². The van der Waals surface area contributed by atoms with Crippen LogP contribution in [0.5, 0.6) is 0 Å². The van der Waals surface area contributed by atoms with Gasteiger partial charge in [0, 0.05) is 12.4 Å². The van der Waals surface area contributed by atoms with Crippen LogP contribution in [-0.4, -0.2) is 27.2 Å². The minimum atomic E-state index is -0.713. The highest BCUT2D eigenvalue weighted by Gasteiger charge is 2.31. The molecule has 19 heavy (non-hydrogen) atoms. The van der Waals surface area contributed by atoms with Gasteiger partial charge in [-0.05, 0) is 26.0 Å². The molecule has 0 aliphatic carbocycles. The van der Waals surface area contributed by atoms with Crippen LogP contribution in [0.15, 0.2) is 29.4 Å². The maximum atomic E-state index is 11.7. The van der Waals surface area contributed by atoms with Crippen LogP contribution in [0, 0.1) is 11.3 Å². The fourth-order valence-corrected chi connectivity index (χ4v) is 2.82. The third-order valence-electron chi connectivity index (χ3n) is 2.67. The Bertz CT molecular complexity index is 670. The van der Waals surface area contributed by atoms with E-state index in [1.165, 1.54) is 18.9 Å². The topological polar surface area (TPSA) is 67.4 Å². The molecule has 0 atom stereocenters. The Morgan fingerprint density at radius 1 is 1.53 bits per heavy atom. The summed E-state index contributed by atoms with van der Waals surface area (Å²) in [7, 11) is 1.37. The van der Waals surface area contributed by atoms with Gasteiger partial charge in [0.2, 0.25) is 0 Å². The van der Waals surface area contributed by atoms with Crippen molar-refractivity contribution in [3.05, 3.63) is 30.2 Å². The lowest BCUT2D eigenvalue weighted by molar-refractivity contribution is -0.142. The monoisotopic (exact) mass is 275 g/mol. The predicted molar refractivity (Wildman–Crippen MR) is 71.9 cm³/mol. The number of fused-ring (bicyclic) bond motifs is 1. The number of hydrogen-bond acceptors (Lipinski definition) is 5. The quantitative estimate of drug-likeness (QED) is 0.635. The van der Waals surface area contributed by atoms with Crippen molar-refractivity contribution in [1.29, 1.82) is 5.26 Å². The van der Waals surface area contributed by atoms with Gasteiger partial charge >= 0.3 is 5.97 Å². The normalized spacial score (nSPS) is 11.3. The first-order valence-corrected chi connectivity index (χ1v) is 6.45. The molecule has 98 valence electrons. The fraction of sp³-hybridized carbons (Fsp3) is 0.308. The summed E-state index contributed by atoms with van der Waals surface area (Å²) in [5.41, 5.74) is 1.17. The average Bonchev–Trinajstić information content (AvgIpc) is 2.87. The molecule has 0 amide bonds. The Kier molecular flexibility index (Phi) is 3.49. The number of pyridine rings is 1. The summed E-state index contributed by atoms with van der Waals surface area (Å²) >= 11 is 1.36. The van der Waals surface area contributed by atoms with E-state index >= 15 is 0 Å². The zero-order chi connectivity index (χ0) is 14.0. The largest absolute Gasteiger partial charge is 0.468 e. The van der Waals surface area contributed by atoms with Crippen LogP contribution in [0.1, 0.15) is 19.5 Å². The second-order valence-corrected chi connectivity index (χ2v) is 6.08. The molecule has 0 saturated heterocycles. The molecule has 0 aliphatic rings. The number of methoxy groups -OCH3 is 1. The Morgan fingerprint density at radius 2 is 2.26 bits per heavy atom. The highest BCUT2D eigenvalue weighted by atomic mass is 32.2. The first kappa shape index (κ1) is 13.4. The predicted octanol–water partition coefficient (Wildman–Crippen LogP) is 2.25. The first-order chi connectivity index (χ1) is 8.99. The minimum Gasteiger partial charge on any atom is -0.468 e. The second-order valence-electron chi connectivity index (χ2n) is 4.42. The van der Waals surface area contributed by atoms with Crippen LogP contribution < -0.4 is 0 Å². The Morgan fingerprint density at radius 3 is 2.89 bits per heavy atom. The number of ether oxygens (including phenoxy) is 1. The number of esters is 1. The van der Waals surface area contributed by atoms with Gasteiger partial charge < -0.3 is 4.74 Å². The van der Waals surface area contributed by atoms with Crippen LogP contribution in [-0.2, 0) is 9.53 Å². The molecule has 0 aliphatic heterocycles. The summed E-state index contributed by atoms with van der Waals surface area (Å²) in [6.45, 7) is 3.59. The molecule has 2 aromatic rings. The molecule has 6 heteroatoms. The molecular weight excluding hydrogens is 262 g/mol. The van der Waals surface area contributed by atoms with Crippen LogP contribution >= 0.6 is 11.8 Å². The summed E-state index contributed by atoms with van der Waals surface area (Å²) < 4.78 is 5.78. The van der Waals surface area contributed by atoms with E-state index in [0.717, 1.165) is 4.90 Å². The van der Waals surface area contributed by atoms with Crippen molar-refractivity contribution in [2.45, 2.75) is 23.5 Å². The van der Waals surface area contributed by atoms with Gasteiger partial charge in [0.05, 0.1) is 12.0 Å². The van der Waals surface area contributed by atoms with E-state index in [9.17, 15) is 4.79 Å². The zero-order valence-corrected chi connectivity index (χ0v) is 11.7. The van der Waals surface area contributed by atoms with Crippen molar-refractivity contribution in [2.24, 2.45) is 0 Å². The van der Waals surface area contributed by atoms with Gasteiger partial charge in [-0.25, -0.2) is 4.98 Å². The molecule has 2 rings (SSSR count). The molecule has 0 aromatic carbocycles. The van der Waals surface area contributed by atoms with Crippen molar-refractivity contribution >= 4 is 23.4 Å². The minimum absolute atomic E-state index is 0.299. The Hall–Kier alpha value is -2.00. The molecule has 2 aromatic heterocycles. The number of carbonyl (C=O) groups excluding carboxylic acids is 1. The highest BCUT2D eigenvalue weighted by molar-refractivity contribution is 8.01. The molecule has 0 bridgehead atoms. The van der Waals surface area contributed by atoms with Gasteiger partial charge in [-0.2, -0.15) is 5.26 Å². The number of hydrogen-bond donors (Lipinski definition) is 0. The van der Waals surface area contributed by atoms with E-state index in [0.29, 0.717) is 11.3 Å². The molecular formula is C13H13N3O2S. The number of nitrogens with zero attached hydrogens (tertiary/aromatic N) is 3. The summed E-state index contributed by atoms with van der Waals surface area (Å²) in [6, 6.07) is 5.62. The summed E-state index contributed by atoms with van der Waals surface area (Å²) in [6.07, 6.45) is 3.36. The number of imidazole rings is 1. The number of nitriles is 1. The molecule has 5 nitrogen and oxygen atoms in total. The van der Waals surface area contributed by atoms with E-state index in [1.807, 2.05) is 0 Å². The Balaban J connectivity index is 2.45. The Labute approximate surface area is 115 Å². The lowest BCUT2D eigenvalue weighted by atomic mass is 10.2. The molecule has 0 saturated carbocycles. The molecule has 0 spiro atoms. The molecule has 2 heterocycles. The van der Waals surface area contributed by atoms with Crippen molar-refractivity contribution < 1.29 is 9.53 Å². The second kappa shape index (κ2) is 4.94. The van der Waals surface area contributed by atoms with Crippen LogP contribution in [0.25, 0.3) is 5.65 Å². The average molecular weight is 275 g/mol. The lowest BCUT2D eigenvalue weighted by Gasteiger charge is -2.20. The van der Waals surface area contributed by atoms with Gasteiger partial charge in [-0.15, -0.1) is 11.8 Å². The van der Waals surface area contributed by atoms with Crippen molar-refractivity contribution in [1.82, 2.24) is 9.38 Å². The molecule has 0 unspecified atom stereocenters. The van der Waals surface area contributed by atoms with Gasteiger partial charge in [0.25, 0.3) is 0 Å². The number of thioether (sulfide) groups is 1. The third kappa shape index (κ3) is 2.42. The third-order valence-corrected chi connectivity index (χ3v) is 3.89. The standard InChI is InChI=1S/C13H13N3O2S/c1-13(2,12(17)18-3)19-10-5-4-9(8-14)16-7-6-15-11(10)16/h4-7H,1-3H3. The molecule has 0 N–H and O–H groups in total. The summed E-state index contributed by atoms with van der Waals surface area (Å²) in [4.78, 5) is 16.8. The molecule has 0 fully saturated rings. The van der Waals surface area contributed by atoms with E-state index < -0.39 is 4.75 Å². The highest BCUT2D eigenvalue weighted by Crippen LogP contribution is 2.35. The van der Waals surface area contributed by atoms with Gasteiger partial charge in [-0.1, -0.05) is 0 Å². The lowest BCUT2D eigenvalue weighted by Crippen LogP contribution is -2.29. The maximum Gasteiger partial charge on any atom is 0.321 e. The number of rotatable bonds is 3. The van der Waals surface area contributed by atoms with Crippen LogP contribution in [0.2, 0.25) is 0 Å². The summed E-state index contributed by atoms with van der Waals surface area (Å²) in [5.74, 6) is -0.299. The van der Waals surface area contributed by atoms with Crippen molar-refractivity contribution in [2.75, 3.05) is 7.11 Å². The summed E-state index contributed by atoms with van der Waals surface area (Å²) in [5, 5.41) is 9.02. The van der Waals surface area contributed by atoms with E-state index in [4.69, 9.17) is 10.00 Å². The zero-order valence-electron chi connectivity index (χ0n) is 10.9. The van der Waals surface area contributed by atoms with E-state index in [1.54, 1.807) is 42.8 Å². The smallest absolute Gasteiger partial charge is 0.321 e. The van der Waals surface area contributed by atoms with Crippen molar-refractivity contribution in [3.8, 4) is 6.07 Å². The SMILES string of the molecule is COC(=O)C(C)(C)Sc1ccc(C#N)n2ccnc12. The maximum absolute atomic E-state index is 11.7. The van der Waals surface area contributed by atoms with Gasteiger partial charge in [-0.3, -0.25) is 9.20 Å². The van der Waals surface area contributed by atoms with Crippen LogP contribution in [0.3, 0.4) is 0 Å². The van der Waals surface area contributed by atoms with Crippen LogP contribution in [0.4, 0.5) is 0 Å². The molecule has 0 radical (unpaired) electrons. The van der Waals surface area contributed by atoms with Gasteiger partial charge in [0.1, 0.15) is 16.5 Å². The fourth-order valence-electron chi connectivity index (χ4n) is 1.72. The van der Waals surface area contributed by atoms with E-state index in [-0.39, 0.29) is 5.97 Å². The first-order valence-electron chi connectivity index (χ1n) is 5.63. The van der Waals surface area contributed by atoms with Gasteiger partial charge in [0.15, 0.2) is 5.65 Å². The number of carbonyl (C=O) groups is 1.